The van der Waals surface area contributed by atoms with Gasteiger partial charge in [0.25, 0.3) is 0 Å². The van der Waals surface area contributed by atoms with Crippen molar-refractivity contribution in [3.05, 3.63) is 22.4 Å². The van der Waals surface area contributed by atoms with Crippen LogP contribution in [0.2, 0.25) is 0 Å². The lowest BCUT2D eigenvalue weighted by Gasteiger charge is -2.43. The van der Waals surface area contributed by atoms with E-state index >= 15 is 0 Å². The predicted octanol–water partition coefficient (Wildman–Crippen LogP) is -0.950. The number of thiophene rings is 1. The van der Waals surface area contributed by atoms with E-state index < -0.39 is 24.4 Å². The van der Waals surface area contributed by atoms with E-state index in [0.717, 1.165) is 6.42 Å². The van der Waals surface area contributed by atoms with Crippen LogP contribution in [0.25, 0.3) is 0 Å². The molecule has 0 spiro atoms. The molecule has 18 heavy (non-hydrogen) atoms. The highest BCUT2D eigenvalue weighted by atomic mass is 32.1. The number of hydrogen-bond donors (Lipinski definition) is 4. The summed E-state index contributed by atoms with van der Waals surface area (Å²) in [5.41, 5.74) is 1.20. The van der Waals surface area contributed by atoms with E-state index in [1.54, 1.807) is 11.3 Å². The van der Waals surface area contributed by atoms with Crippen molar-refractivity contribution in [1.29, 1.82) is 0 Å². The summed E-state index contributed by atoms with van der Waals surface area (Å²) < 4.78 is 0. The number of piperidine rings is 1. The lowest BCUT2D eigenvalue weighted by atomic mass is 9.94. The summed E-state index contributed by atoms with van der Waals surface area (Å²) in [4.78, 5) is 1.83. The number of β-amino-alcohol motifs (C(OH)–C–C–N with tert-alkyl or cyclic N) is 1. The molecule has 0 aliphatic carbocycles. The van der Waals surface area contributed by atoms with Crippen LogP contribution in [0.3, 0.4) is 0 Å². The number of likely N-dealkylation sites (tertiary alicyclic amines) is 1. The smallest absolute Gasteiger partial charge is 0.109 e. The molecule has 0 radical (unpaired) electrons. The highest BCUT2D eigenvalue weighted by molar-refractivity contribution is 7.07. The minimum atomic E-state index is -1.18. The molecule has 1 fully saturated rings. The van der Waals surface area contributed by atoms with Gasteiger partial charge in [-0.05, 0) is 28.8 Å². The molecule has 0 saturated carbocycles. The van der Waals surface area contributed by atoms with Crippen LogP contribution in [0.5, 0.6) is 0 Å². The van der Waals surface area contributed by atoms with Gasteiger partial charge in [-0.3, -0.25) is 4.90 Å². The van der Waals surface area contributed by atoms with Crippen molar-refractivity contribution in [2.24, 2.45) is 0 Å². The fourth-order valence-electron chi connectivity index (χ4n) is 2.34. The van der Waals surface area contributed by atoms with Crippen LogP contribution in [0, 0.1) is 0 Å². The van der Waals surface area contributed by atoms with Gasteiger partial charge < -0.3 is 20.4 Å². The SMILES string of the molecule is OCC1C(O)C(O)C(O)CN1CCc1ccsc1. The summed E-state index contributed by atoms with van der Waals surface area (Å²) in [6.45, 7) is 0.685. The Morgan fingerprint density at radius 3 is 2.67 bits per heavy atom. The maximum Gasteiger partial charge on any atom is 0.109 e. The van der Waals surface area contributed by atoms with E-state index in [2.05, 4.69) is 5.38 Å². The van der Waals surface area contributed by atoms with Gasteiger partial charge in [0.15, 0.2) is 0 Å². The minimum Gasteiger partial charge on any atom is -0.395 e. The highest BCUT2D eigenvalue weighted by Crippen LogP contribution is 2.19. The Morgan fingerprint density at radius 2 is 2.06 bits per heavy atom. The van der Waals surface area contributed by atoms with E-state index in [1.807, 2.05) is 16.3 Å². The first kappa shape index (κ1) is 13.9. The maximum absolute atomic E-state index is 9.83. The van der Waals surface area contributed by atoms with Gasteiger partial charge in [0, 0.05) is 13.1 Å². The van der Waals surface area contributed by atoms with Crippen molar-refractivity contribution in [3.8, 4) is 0 Å². The molecule has 2 rings (SSSR count). The molecule has 4 unspecified atom stereocenters. The Labute approximate surface area is 110 Å². The molecular formula is C12H19NO4S. The van der Waals surface area contributed by atoms with Gasteiger partial charge in [0.05, 0.1) is 18.8 Å². The molecule has 1 saturated heterocycles. The summed E-state index contributed by atoms with van der Waals surface area (Å²) >= 11 is 1.63. The fourth-order valence-corrected chi connectivity index (χ4v) is 3.05. The first-order chi connectivity index (χ1) is 8.63. The monoisotopic (exact) mass is 273 g/mol. The number of aliphatic hydroxyl groups excluding tert-OH is 4. The molecule has 6 heteroatoms. The predicted molar refractivity (Wildman–Crippen MR) is 68.5 cm³/mol. The van der Waals surface area contributed by atoms with Crippen LogP contribution >= 0.6 is 11.3 Å². The van der Waals surface area contributed by atoms with Crippen molar-refractivity contribution in [1.82, 2.24) is 4.90 Å². The van der Waals surface area contributed by atoms with E-state index in [1.165, 1.54) is 5.56 Å². The third kappa shape index (κ3) is 2.90. The van der Waals surface area contributed by atoms with Crippen LogP contribution in [0.1, 0.15) is 5.56 Å². The molecule has 0 aromatic carbocycles. The normalized spacial score (nSPS) is 33.8. The van der Waals surface area contributed by atoms with Gasteiger partial charge in [-0.2, -0.15) is 11.3 Å². The summed E-state index contributed by atoms with van der Waals surface area (Å²) in [5.74, 6) is 0. The molecule has 5 nitrogen and oxygen atoms in total. The average molecular weight is 273 g/mol. The zero-order chi connectivity index (χ0) is 13.1. The molecule has 1 aliphatic heterocycles. The van der Waals surface area contributed by atoms with Gasteiger partial charge in [0.1, 0.15) is 12.2 Å². The molecule has 4 N–H and O–H groups in total. The van der Waals surface area contributed by atoms with Gasteiger partial charge in [-0.1, -0.05) is 0 Å². The lowest BCUT2D eigenvalue weighted by Crippen LogP contribution is -2.62. The van der Waals surface area contributed by atoms with Gasteiger partial charge in [-0.15, -0.1) is 0 Å². The van der Waals surface area contributed by atoms with Crippen molar-refractivity contribution in [2.45, 2.75) is 30.8 Å². The minimum absolute atomic E-state index is 0.228. The number of aliphatic hydroxyl groups is 4. The first-order valence-electron chi connectivity index (χ1n) is 6.03. The summed E-state index contributed by atoms with van der Waals surface area (Å²) in [5, 5.41) is 42.4. The van der Waals surface area contributed by atoms with Crippen LogP contribution in [0.4, 0.5) is 0 Å². The van der Waals surface area contributed by atoms with E-state index in [0.29, 0.717) is 6.54 Å². The van der Waals surface area contributed by atoms with E-state index in [-0.39, 0.29) is 13.2 Å². The van der Waals surface area contributed by atoms with Gasteiger partial charge in [-0.25, -0.2) is 0 Å². The maximum atomic E-state index is 9.83. The Bertz CT molecular complexity index is 359. The quantitative estimate of drug-likeness (QED) is 0.568. The van der Waals surface area contributed by atoms with Crippen LogP contribution in [-0.4, -0.2) is 69.4 Å². The number of hydrogen-bond acceptors (Lipinski definition) is 6. The van der Waals surface area contributed by atoms with Crippen LogP contribution in [0.15, 0.2) is 16.8 Å². The van der Waals surface area contributed by atoms with Crippen molar-refractivity contribution < 1.29 is 20.4 Å². The molecule has 2 heterocycles. The van der Waals surface area contributed by atoms with Gasteiger partial charge in [0.2, 0.25) is 0 Å². The average Bonchev–Trinajstić information content (AvgIpc) is 2.86. The fraction of sp³-hybridized carbons (Fsp3) is 0.667. The van der Waals surface area contributed by atoms with Crippen molar-refractivity contribution in [2.75, 3.05) is 19.7 Å². The van der Waals surface area contributed by atoms with Crippen molar-refractivity contribution in [3.63, 3.8) is 0 Å². The van der Waals surface area contributed by atoms with Gasteiger partial charge >= 0.3 is 0 Å². The lowest BCUT2D eigenvalue weighted by molar-refractivity contribution is -0.144. The topological polar surface area (TPSA) is 84.2 Å². The second-order valence-corrected chi connectivity index (χ2v) is 5.46. The molecule has 0 amide bonds. The Morgan fingerprint density at radius 1 is 1.28 bits per heavy atom. The van der Waals surface area contributed by atoms with E-state index in [4.69, 9.17) is 0 Å². The zero-order valence-electron chi connectivity index (χ0n) is 10.0. The molecule has 102 valence electrons. The molecule has 0 bridgehead atoms. The molecule has 1 aliphatic rings. The molecule has 4 atom stereocenters. The third-order valence-electron chi connectivity index (χ3n) is 3.48. The second kappa shape index (κ2) is 6.10. The number of nitrogens with zero attached hydrogens (tertiary/aromatic N) is 1. The second-order valence-electron chi connectivity index (χ2n) is 4.67. The van der Waals surface area contributed by atoms with Crippen molar-refractivity contribution >= 4 is 11.3 Å². The first-order valence-corrected chi connectivity index (χ1v) is 6.98. The summed E-state index contributed by atoms with van der Waals surface area (Å²) in [6.07, 6.45) is -2.46. The van der Waals surface area contributed by atoms with Crippen LogP contribution in [-0.2, 0) is 6.42 Å². The van der Waals surface area contributed by atoms with E-state index in [9.17, 15) is 20.4 Å². The summed E-state index contributed by atoms with van der Waals surface area (Å²) in [7, 11) is 0. The Hall–Kier alpha value is -0.500. The largest absolute Gasteiger partial charge is 0.395 e. The number of rotatable bonds is 4. The van der Waals surface area contributed by atoms with Crippen LogP contribution < -0.4 is 0 Å². The Balaban J connectivity index is 1.97. The highest BCUT2D eigenvalue weighted by Gasteiger charge is 2.40. The molecule has 1 aromatic rings. The summed E-state index contributed by atoms with van der Waals surface area (Å²) in [6, 6.07) is 1.52. The standard InChI is InChI=1S/C12H19NO4S/c14-6-9-11(16)12(17)10(15)5-13(9)3-1-8-2-4-18-7-8/h2,4,7,9-12,14-17H,1,3,5-6H2. The molecular weight excluding hydrogens is 254 g/mol. The molecule has 1 aromatic heterocycles. The zero-order valence-corrected chi connectivity index (χ0v) is 10.8. The third-order valence-corrected chi connectivity index (χ3v) is 4.22. The Kier molecular flexibility index (Phi) is 4.71.